The lowest BCUT2D eigenvalue weighted by atomic mass is 10.1. The molecule has 0 amide bonds. The summed E-state index contributed by atoms with van der Waals surface area (Å²) in [5, 5.41) is 9.95. The summed E-state index contributed by atoms with van der Waals surface area (Å²) in [7, 11) is 3.13. The molecule has 0 radical (unpaired) electrons. The highest BCUT2D eigenvalue weighted by molar-refractivity contribution is 7.17. The van der Waals surface area contributed by atoms with Gasteiger partial charge >= 0.3 is 5.97 Å². The second kappa shape index (κ2) is 6.13. The van der Waals surface area contributed by atoms with E-state index in [-0.39, 0.29) is 10.8 Å². The van der Waals surface area contributed by atoms with Gasteiger partial charge in [-0.15, -0.1) is 11.3 Å². The number of rotatable bonds is 5. The Morgan fingerprint density at radius 1 is 1.24 bits per heavy atom. The third kappa shape index (κ3) is 3.00. The van der Waals surface area contributed by atoms with E-state index in [0.29, 0.717) is 22.2 Å². The summed E-state index contributed by atoms with van der Waals surface area (Å²) < 4.78 is 10.5. The summed E-state index contributed by atoms with van der Waals surface area (Å²) in [6.45, 7) is 3.86. The molecule has 0 aliphatic rings. The van der Waals surface area contributed by atoms with Crippen LogP contribution in [-0.2, 0) is 0 Å². The van der Waals surface area contributed by atoms with Gasteiger partial charge in [0.15, 0.2) is 11.5 Å². The maximum absolute atomic E-state index is 11.3. The number of ether oxygens (including phenoxy) is 2. The SMILES string of the molecule is COc1ccc(-c2nc(C(C)C)c(C(=O)O)s2)cc1OC. The largest absolute Gasteiger partial charge is 0.493 e. The number of carbonyl (C=O) groups is 1. The summed E-state index contributed by atoms with van der Waals surface area (Å²) >= 11 is 1.17. The molecule has 0 atom stereocenters. The Kier molecular flexibility index (Phi) is 4.47. The van der Waals surface area contributed by atoms with Crippen molar-refractivity contribution in [1.82, 2.24) is 4.98 Å². The van der Waals surface area contributed by atoms with Crippen LogP contribution in [0.25, 0.3) is 10.6 Å². The van der Waals surface area contributed by atoms with E-state index >= 15 is 0 Å². The van der Waals surface area contributed by atoms with Crippen molar-refractivity contribution < 1.29 is 19.4 Å². The number of carboxylic acids is 1. The molecule has 0 aliphatic carbocycles. The highest BCUT2D eigenvalue weighted by atomic mass is 32.1. The van der Waals surface area contributed by atoms with E-state index < -0.39 is 5.97 Å². The fourth-order valence-corrected chi connectivity index (χ4v) is 3.02. The lowest BCUT2D eigenvalue weighted by Gasteiger charge is -2.08. The monoisotopic (exact) mass is 307 g/mol. The number of thiazole rings is 1. The van der Waals surface area contributed by atoms with Crippen molar-refractivity contribution in [2.24, 2.45) is 0 Å². The van der Waals surface area contributed by atoms with Crippen LogP contribution in [0.5, 0.6) is 11.5 Å². The van der Waals surface area contributed by atoms with Gasteiger partial charge in [-0.2, -0.15) is 0 Å². The van der Waals surface area contributed by atoms with Crippen LogP contribution >= 0.6 is 11.3 Å². The Labute approximate surface area is 127 Å². The molecule has 112 valence electrons. The minimum atomic E-state index is -0.942. The molecule has 5 nitrogen and oxygen atoms in total. The van der Waals surface area contributed by atoms with Crippen LogP contribution < -0.4 is 9.47 Å². The lowest BCUT2D eigenvalue weighted by Crippen LogP contribution is -2.00. The van der Waals surface area contributed by atoms with Gasteiger partial charge < -0.3 is 14.6 Å². The molecule has 1 heterocycles. The normalized spacial score (nSPS) is 10.7. The smallest absolute Gasteiger partial charge is 0.347 e. The minimum Gasteiger partial charge on any atom is -0.493 e. The fraction of sp³-hybridized carbons (Fsp3) is 0.333. The molecule has 2 aromatic rings. The topological polar surface area (TPSA) is 68.7 Å². The zero-order chi connectivity index (χ0) is 15.6. The van der Waals surface area contributed by atoms with Gasteiger partial charge in [0.25, 0.3) is 0 Å². The second-order valence-corrected chi connectivity index (χ2v) is 5.76. The van der Waals surface area contributed by atoms with E-state index in [1.54, 1.807) is 26.4 Å². The maximum Gasteiger partial charge on any atom is 0.347 e. The van der Waals surface area contributed by atoms with Crippen molar-refractivity contribution in [2.45, 2.75) is 19.8 Å². The van der Waals surface area contributed by atoms with Crippen LogP contribution in [0.15, 0.2) is 18.2 Å². The number of methoxy groups -OCH3 is 2. The molecule has 1 aromatic carbocycles. The van der Waals surface area contributed by atoms with Crippen molar-refractivity contribution in [2.75, 3.05) is 14.2 Å². The van der Waals surface area contributed by atoms with Crippen LogP contribution in [-0.4, -0.2) is 30.3 Å². The number of aromatic nitrogens is 1. The molecular weight excluding hydrogens is 290 g/mol. The summed E-state index contributed by atoms with van der Waals surface area (Å²) in [5.41, 5.74) is 1.42. The molecule has 1 aromatic heterocycles. The molecule has 6 heteroatoms. The van der Waals surface area contributed by atoms with E-state index in [1.807, 2.05) is 19.9 Å². The Balaban J connectivity index is 2.52. The Bertz CT molecular complexity index is 664. The molecule has 0 unspecified atom stereocenters. The molecular formula is C15H17NO4S. The van der Waals surface area contributed by atoms with Crippen molar-refractivity contribution >= 4 is 17.3 Å². The molecule has 21 heavy (non-hydrogen) atoms. The van der Waals surface area contributed by atoms with Gasteiger partial charge in [0.1, 0.15) is 9.88 Å². The first-order valence-corrected chi connectivity index (χ1v) is 7.26. The first-order valence-electron chi connectivity index (χ1n) is 6.44. The summed E-state index contributed by atoms with van der Waals surface area (Å²) in [6.07, 6.45) is 0. The fourth-order valence-electron chi connectivity index (χ4n) is 1.97. The Morgan fingerprint density at radius 2 is 1.90 bits per heavy atom. The molecule has 1 N–H and O–H groups in total. The second-order valence-electron chi connectivity index (χ2n) is 4.76. The number of benzene rings is 1. The average Bonchev–Trinajstić information content (AvgIpc) is 2.92. The van der Waals surface area contributed by atoms with Crippen molar-refractivity contribution in [3.05, 3.63) is 28.8 Å². The third-order valence-electron chi connectivity index (χ3n) is 3.02. The first-order chi connectivity index (χ1) is 9.97. The number of hydrogen-bond donors (Lipinski definition) is 1. The van der Waals surface area contributed by atoms with Gasteiger partial charge in [-0.05, 0) is 24.1 Å². The zero-order valence-electron chi connectivity index (χ0n) is 12.3. The van der Waals surface area contributed by atoms with Gasteiger partial charge in [-0.3, -0.25) is 0 Å². The molecule has 0 bridgehead atoms. The minimum absolute atomic E-state index is 0.0567. The molecule has 2 rings (SSSR count). The number of aromatic carboxylic acids is 1. The van der Waals surface area contributed by atoms with E-state index in [9.17, 15) is 9.90 Å². The number of carboxylic acid groups (broad SMARTS) is 1. The number of nitrogens with zero attached hydrogens (tertiary/aromatic N) is 1. The third-order valence-corrected chi connectivity index (χ3v) is 4.13. The van der Waals surface area contributed by atoms with Crippen LogP contribution in [0, 0.1) is 0 Å². The molecule has 0 aliphatic heterocycles. The summed E-state index contributed by atoms with van der Waals surface area (Å²) in [6, 6.07) is 5.42. The average molecular weight is 307 g/mol. The quantitative estimate of drug-likeness (QED) is 0.913. The van der Waals surface area contributed by atoms with Crippen molar-refractivity contribution in [1.29, 1.82) is 0 Å². The van der Waals surface area contributed by atoms with Crippen LogP contribution in [0.4, 0.5) is 0 Å². The van der Waals surface area contributed by atoms with E-state index in [2.05, 4.69) is 4.98 Å². The Hall–Kier alpha value is -2.08. The predicted octanol–water partition coefficient (Wildman–Crippen LogP) is 3.65. The van der Waals surface area contributed by atoms with E-state index in [0.717, 1.165) is 5.56 Å². The number of hydrogen-bond acceptors (Lipinski definition) is 5. The predicted molar refractivity (Wildman–Crippen MR) is 81.7 cm³/mol. The zero-order valence-corrected chi connectivity index (χ0v) is 13.2. The maximum atomic E-state index is 11.3. The van der Waals surface area contributed by atoms with Crippen LogP contribution in [0.1, 0.15) is 35.1 Å². The summed E-state index contributed by atoms with van der Waals surface area (Å²) in [4.78, 5) is 16.1. The van der Waals surface area contributed by atoms with Gasteiger partial charge in [0.2, 0.25) is 0 Å². The Morgan fingerprint density at radius 3 is 2.38 bits per heavy atom. The molecule has 0 fully saturated rings. The van der Waals surface area contributed by atoms with Gasteiger partial charge in [-0.25, -0.2) is 9.78 Å². The molecule has 0 saturated heterocycles. The van der Waals surface area contributed by atoms with E-state index in [4.69, 9.17) is 9.47 Å². The lowest BCUT2D eigenvalue weighted by molar-refractivity contribution is 0.0700. The van der Waals surface area contributed by atoms with Crippen LogP contribution in [0.3, 0.4) is 0 Å². The first kappa shape index (κ1) is 15.3. The molecule has 0 spiro atoms. The highest BCUT2D eigenvalue weighted by Gasteiger charge is 2.20. The standard InChI is InChI=1S/C15H17NO4S/c1-8(2)12-13(15(17)18)21-14(16-12)9-5-6-10(19-3)11(7-9)20-4/h5-8H,1-4H3,(H,17,18). The van der Waals surface area contributed by atoms with Gasteiger partial charge in [0.05, 0.1) is 19.9 Å². The van der Waals surface area contributed by atoms with Crippen LogP contribution in [0.2, 0.25) is 0 Å². The van der Waals surface area contributed by atoms with E-state index in [1.165, 1.54) is 11.3 Å². The highest BCUT2D eigenvalue weighted by Crippen LogP contribution is 2.36. The molecule has 0 saturated carbocycles. The van der Waals surface area contributed by atoms with Gasteiger partial charge in [0, 0.05) is 5.56 Å². The van der Waals surface area contributed by atoms with Crippen molar-refractivity contribution in [3.63, 3.8) is 0 Å². The summed E-state index contributed by atoms with van der Waals surface area (Å²) in [5.74, 6) is 0.331. The van der Waals surface area contributed by atoms with Gasteiger partial charge in [-0.1, -0.05) is 13.8 Å². The van der Waals surface area contributed by atoms with Crippen molar-refractivity contribution in [3.8, 4) is 22.1 Å².